The molecule has 0 spiro atoms. The summed E-state index contributed by atoms with van der Waals surface area (Å²) in [6, 6.07) is 1.32. The van der Waals surface area contributed by atoms with E-state index < -0.39 is 0 Å². The highest BCUT2D eigenvalue weighted by atomic mass is 79.9. The van der Waals surface area contributed by atoms with Crippen LogP contribution in [-0.2, 0) is 0 Å². The predicted molar refractivity (Wildman–Crippen MR) is 69.2 cm³/mol. The molecule has 2 amide bonds. The number of amides is 2. The van der Waals surface area contributed by atoms with Crippen LogP contribution in [0.1, 0.15) is 17.8 Å². The van der Waals surface area contributed by atoms with Crippen molar-refractivity contribution in [3.05, 3.63) is 19.8 Å². The van der Waals surface area contributed by atoms with Gasteiger partial charge in [-0.05, 0) is 28.9 Å². The van der Waals surface area contributed by atoms with Crippen LogP contribution in [0.5, 0.6) is 0 Å². The van der Waals surface area contributed by atoms with Crippen LogP contribution < -0.4 is 5.73 Å². The SMILES string of the molecule is CCN1C(=O)N=C(N)C1c1cc(Br)c(Cl)s1. The van der Waals surface area contributed by atoms with Gasteiger partial charge in [0.05, 0.1) is 0 Å². The maximum Gasteiger partial charge on any atom is 0.346 e. The van der Waals surface area contributed by atoms with Gasteiger partial charge in [0.25, 0.3) is 0 Å². The summed E-state index contributed by atoms with van der Waals surface area (Å²) in [6.45, 7) is 2.46. The van der Waals surface area contributed by atoms with Crippen molar-refractivity contribution in [1.29, 1.82) is 0 Å². The summed E-state index contributed by atoms with van der Waals surface area (Å²) in [4.78, 5) is 17.8. The zero-order chi connectivity index (χ0) is 11.9. The molecule has 2 heterocycles. The summed E-state index contributed by atoms with van der Waals surface area (Å²) in [7, 11) is 0. The van der Waals surface area contributed by atoms with Crippen molar-refractivity contribution in [2.75, 3.05) is 6.54 Å². The molecule has 0 saturated heterocycles. The highest BCUT2D eigenvalue weighted by molar-refractivity contribution is 9.10. The van der Waals surface area contributed by atoms with Crippen molar-refractivity contribution in [1.82, 2.24) is 4.90 Å². The van der Waals surface area contributed by atoms with E-state index in [4.69, 9.17) is 17.3 Å². The molecular formula is C9H9BrClN3OS. The molecule has 0 aliphatic carbocycles. The Balaban J connectivity index is 2.39. The van der Waals surface area contributed by atoms with E-state index in [-0.39, 0.29) is 12.1 Å². The van der Waals surface area contributed by atoms with Crippen LogP contribution in [0.3, 0.4) is 0 Å². The van der Waals surface area contributed by atoms with Gasteiger partial charge in [0, 0.05) is 15.9 Å². The molecule has 0 fully saturated rings. The van der Waals surface area contributed by atoms with Gasteiger partial charge in [0.2, 0.25) is 0 Å². The molecule has 2 N–H and O–H groups in total. The molecule has 4 nitrogen and oxygen atoms in total. The number of amidine groups is 1. The largest absolute Gasteiger partial charge is 0.385 e. The van der Waals surface area contributed by atoms with Gasteiger partial charge in [-0.15, -0.1) is 11.3 Å². The second-order valence-corrected chi connectivity index (χ2v) is 5.82. The smallest absolute Gasteiger partial charge is 0.346 e. The Kier molecular flexibility index (Phi) is 3.23. The van der Waals surface area contributed by atoms with Gasteiger partial charge >= 0.3 is 6.03 Å². The molecule has 0 aromatic carbocycles. The first-order chi connectivity index (χ1) is 7.54. The molecule has 0 bridgehead atoms. The molecular weight excluding hydrogens is 314 g/mol. The van der Waals surface area contributed by atoms with Crippen molar-refractivity contribution in [2.45, 2.75) is 13.0 Å². The van der Waals surface area contributed by atoms with E-state index in [0.29, 0.717) is 16.7 Å². The van der Waals surface area contributed by atoms with Gasteiger partial charge in [0.15, 0.2) is 0 Å². The number of carbonyl (C=O) groups excluding carboxylic acids is 1. The second-order valence-electron chi connectivity index (χ2n) is 3.28. The zero-order valence-electron chi connectivity index (χ0n) is 8.41. The predicted octanol–water partition coefficient (Wildman–Crippen LogP) is 3.02. The fourth-order valence-corrected chi connectivity index (χ4v) is 3.48. The number of nitrogens with two attached hydrogens (primary N) is 1. The Hall–Kier alpha value is -0.590. The Morgan fingerprint density at radius 3 is 2.94 bits per heavy atom. The van der Waals surface area contributed by atoms with Crippen LogP contribution in [0.4, 0.5) is 4.79 Å². The van der Waals surface area contributed by atoms with E-state index >= 15 is 0 Å². The summed E-state index contributed by atoms with van der Waals surface area (Å²) in [5.41, 5.74) is 5.76. The number of carbonyl (C=O) groups is 1. The number of aliphatic imine (C=N–C) groups is 1. The normalized spacial score (nSPS) is 20.4. The quantitative estimate of drug-likeness (QED) is 0.910. The Bertz CT molecular complexity index is 454. The number of hydrogen-bond donors (Lipinski definition) is 1. The molecule has 1 aliphatic rings. The van der Waals surface area contributed by atoms with Crippen LogP contribution in [0.2, 0.25) is 4.34 Å². The van der Waals surface area contributed by atoms with E-state index in [0.717, 1.165) is 9.35 Å². The minimum atomic E-state index is -0.286. The number of likely N-dealkylation sites (N-methyl/N-ethyl adjacent to an activating group) is 1. The van der Waals surface area contributed by atoms with Crippen LogP contribution in [0, 0.1) is 0 Å². The summed E-state index contributed by atoms with van der Waals surface area (Å²) in [5.74, 6) is 0.331. The molecule has 0 radical (unpaired) electrons. The third kappa shape index (κ3) is 1.85. The summed E-state index contributed by atoms with van der Waals surface area (Å²) in [6.07, 6.45) is 0. The van der Waals surface area contributed by atoms with Crippen molar-refractivity contribution in [3.63, 3.8) is 0 Å². The molecule has 7 heteroatoms. The fourth-order valence-electron chi connectivity index (χ4n) is 1.62. The lowest BCUT2D eigenvalue weighted by Gasteiger charge is -2.21. The van der Waals surface area contributed by atoms with E-state index in [1.807, 2.05) is 13.0 Å². The summed E-state index contributed by atoms with van der Waals surface area (Å²) >= 11 is 10.7. The highest BCUT2D eigenvalue weighted by Crippen LogP contribution is 2.38. The molecule has 1 aromatic heterocycles. The molecule has 16 heavy (non-hydrogen) atoms. The van der Waals surface area contributed by atoms with Gasteiger partial charge in [-0.1, -0.05) is 11.6 Å². The average molecular weight is 323 g/mol. The van der Waals surface area contributed by atoms with E-state index in [1.54, 1.807) is 4.90 Å². The van der Waals surface area contributed by atoms with Crippen LogP contribution in [0.25, 0.3) is 0 Å². The lowest BCUT2D eigenvalue weighted by atomic mass is 10.2. The van der Waals surface area contributed by atoms with E-state index in [9.17, 15) is 4.79 Å². The van der Waals surface area contributed by atoms with Crippen molar-refractivity contribution >= 4 is 50.7 Å². The number of hydrogen-bond acceptors (Lipinski definition) is 3. The Morgan fingerprint density at radius 1 is 1.75 bits per heavy atom. The Labute approximate surface area is 110 Å². The number of urea groups is 1. The van der Waals surface area contributed by atoms with Crippen LogP contribution >= 0.6 is 38.9 Å². The highest BCUT2D eigenvalue weighted by Gasteiger charge is 2.34. The van der Waals surface area contributed by atoms with Crippen LogP contribution in [-0.4, -0.2) is 23.3 Å². The summed E-state index contributed by atoms with van der Waals surface area (Å²) < 4.78 is 1.47. The molecule has 2 rings (SSSR count). The standard InChI is InChI=1S/C9H9BrClN3OS/c1-2-14-6(8(12)13-9(14)15)5-3-4(10)7(11)16-5/h3,6H,2H2,1H3,(H2,12,13,15). The monoisotopic (exact) mass is 321 g/mol. The first kappa shape index (κ1) is 11.9. The van der Waals surface area contributed by atoms with Gasteiger partial charge in [-0.25, -0.2) is 4.79 Å². The third-order valence-corrected chi connectivity index (χ3v) is 4.86. The third-order valence-electron chi connectivity index (χ3n) is 2.34. The lowest BCUT2D eigenvalue weighted by Crippen LogP contribution is -2.32. The summed E-state index contributed by atoms with van der Waals surface area (Å²) in [5, 5.41) is 0. The van der Waals surface area contributed by atoms with Crippen molar-refractivity contribution in [2.24, 2.45) is 10.7 Å². The molecule has 1 aromatic rings. The maximum atomic E-state index is 11.5. The number of halogens is 2. The first-order valence-electron chi connectivity index (χ1n) is 4.64. The van der Waals surface area contributed by atoms with Gasteiger partial charge < -0.3 is 10.6 Å². The zero-order valence-corrected chi connectivity index (χ0v) is 11.6. The minimum absolute atomic E-state index is 0.272. The van der Waals surface area contributed by atoms with Crippen molar-refractivity contribution < 1.29 is 4.79 Å². The van der Waals surface area contributed by atoms with Gasteiger partial charge in [0.1, 0.15) is 16.2 Å². The van der Waals surface area contributed by atoms with Crippen molar-refractivity contribution in [3.8, 4) is 0 Å². The Morgan fingerprint density at radius 2 is 2.44 bits per heavy atom. The van der Waals surface area contributed by atoms with Crippen LogP contribution in [0.15, 0.2) is 15.5 Å². The van der Waals surface area contributed by atoms with Gasteiger partial charge in [-0.3, -0.25) is 0 Å². The number of thiophene rings is 1. The molecule has 86 valence electrons. The van der Waals surface area contributed by atoms with Gasteiger partial charge in [-0.2, -0.15) is 4.99 Å². The lowest BCUT2D eigenvalue weighted by molar-refractivity contribution is 0.210. The fraction of sp³-hybridized carbons (Fsp3) is 0.333. The topological polar surface area (TPSA) is 58.7 Å². The maximum absolute atomic E-state index is 11.5. The van der Waals surface area contributed by atoms with E-state index in [2.05, 4.69) is 20.9 Å². The first-order valence-corrected chi connectivity index (χ1v) is 6.62. The molecule has 1 unspecified atom stereocenters. The molecule has 0 saturated carbocycles. The molecule has 1 atom stereocenters. The average Bonchev–Trinajstić information content (AvgIpc) is 2.67. The van der Waals surface area contributed by atoms with E-state index in [1.165, 1.54) is 11.3 Å². The minimum Gasteiger partial charge on any atom is -0.385 e. The second kappa shape index (κ2) is 4.35. The number of nitrogens with zero attached hydrogens (tertiary/aromatic N) is 2. The molecule has 1 aliphatic heterocycles. The number of rotatable bonds is 2.